The Morgan fingerprint density at radius 2 is 1.17 bits per heavy atom. The van der Waals surface area contributed by atoms with Crippen molar-refractivity contribution in [3.8, 4) is 0 Å². The predicted octanol–water partition coefficient (Wildman–Crippen LogP) is 7.11. The molecule has 0 aliphatic rings. The third-order valence-electron chi connectivity index (χ3n) is 4.29. The predicted molar refractivity (Wildman–Crippen MR) is 101 cm³/mol. The summed E-state index contributed by atoms with van der Waals surface area (Å²) < 4.78 is 10.6. The van der Waals surface area contributed by atoms with Gasteiger partial charge in [0.15, 0.2) is 0 Å². The van der Waals surface area contributed by atoms with Crippen molar-refractivity contribution in [3.63, 3.8) is 0 Å². The molecule has 0 bridgehead atoms. The van der Waals surface area contributed by atoms with Crippen LogP contribution < -0.4 is 0 Å². The van der Waals surface area contributed by atoms with Gasteiger partial charge in [0.25, 0.3) is 0 Å². The van der Waals surface area contributed by atoms with Crippen LogP contribution in [0.2, 0.25) is 0 Å². The summed E-state index contributed by atoms with van der Waals surface area (Å²) in [5.41, 5.74) is 4.65. The van der Waals surface area contributed by atoms with Gasteiger partial charge in [0, 0.05) is 10.8 Å². The molecule has 0 spiro atoms. The second-order valence-corrected chi connectivity index (χ2v) is 6.75. The molecule has 0 amide bonds. The zero-order chi connectivity index (χ0) is 17.1. The molecule has 2 nitrogen and oxygen atoms in total. The molecule has 2 heterocycles. The van der Waals surface area contributed by atoms with E-state index in [9.17, 15) is 0 Å². The van der Waals surface area contributed by atoms with Crippen LogP contribution in [0.15, 0.2) is 69.9 Å². The minimum atomic E-state index is 0.569. The van der Waals surface area contributed by atoms with Gasteiger partial charge < -0.3 is 8.83 Å². The maximum atomic E-state index is 5.31. The minimum absolute atomic E-state index is 0.569. The van der Waals surface area contributed by atoms with Crippen molar-refractivity contribution in [1.82, 2.24) is 0 Å². The topological polar surface area (TPSA) is 26.3 Å². The molecule has 2 aromatic carbocycles. The molecular formula is C22H24O2. The van der Waals surface area contributed by atoms with Gasteiger partial charge in [0.2, 0.25) is 0 Å². The number of hydrogen-bond acceptors (Lipinski definition) is 2. The molecule has 2 aromatic heterocycles. The van der Waals surface area contributed by atoms with Crippen LogP contribution in [-0.2, 0) is 0 Å². The maximum absolute atomic E-state index is 5.31. The van der Waals surface area contributed by atoms with Crippen molar-refractivity contribution in [1.29, 1.82) is 0 Å². The van der Waals surface area contributed by atoms with Crippen LogP contribution in [0, 0.1) is 0 Å². The van der Waals surface area contributed by atoms with E-state index >= 15 is 0 Å². The Morgan fingerprint density at radius 3 is 1.88 bits per heavy atom. The fourth-order valence-electron chi connectivity index (χ4n) is 2.67. The van der Waals surface area contributed by atoms with Crippen LogP contribution in [-0.4, -0.2) is 0 Å². The van der Waals surface area contributed by atoms with Gasteiger partial charge in [-0.1, -0.05) is 45.9 Å². The van der Waals surface area contributed by atoms with Gasteiger partial charge in [-0.3, -0.25) is 0 Å². The summed E-state index contributed by atoms with van der Waals surface area (Å²) in [5.74, 6) is 1.16. The fraction of sp³-hybridized carbons (Fsp3) is 0.273. The summed E-state index contributed by atoms with van der Waals surface area (Å²) in [6, 6.07) is 16.7. The first-order valence-corrected chi connectivity index (χ1v) is 8.49. The highest BCUT2D eigenvalue weighted by molar-refractivity contribution is 5.78. The Balaban J connectivity index is 0.000000141. The summed E-state index contributed by atoms with van der Waals surface area (Å²) >= 11 is 0. The molecule has 0 unspecified atom stereocenters. The van der Waals surface area contributed by atoms with Crippen molar-refractivity contribution in [2.24, 2.45) is 0 Å². The number of furan rings is 2. The molecule has 2 heteroatoms. The Bertz CT molecular complexity index is 847. The normalized spacial score (nSPS) is 11.2. The summed E-state index contributed by atoms with van der Waals surface area (Å²) in [7, 11) is 0. The van der Waals surface area contributed by atoms with E-state index in [1.807, 2.05) is 18.2 Å². The van der Waals surface area contributed by atoms with E-state index in [1.165, 1.54) is 21.9 Å². The van der Waals surface area contributed by atoms with Crippen LogP contribution in [0.3, 0.4) is 0 Å². The Hall–Kier alpha value is -2.48. The van der Waals surface area contributed by atoms with E-state index in [4.69, 9.17) is 8.83 Å². The zero-order valence-corrected chi connectivity index (χ0v) is 14.7. The van der Waals surface area contributed by atoms with Gasteiger partial charge in [-0.15, -0.1) is 0 Å². The second kappa shape index (κ2) is 6.96. The maximum Gasteiger partial charge on any atom is 0.134 e. The van der Waals surface area contributed by atoms with Gasteiger partial charge >= 0.3 is 0 Å². The average Bonchev–Trinajstić information content (AvgIpc) is 3.22. The lowest BCUT2D eigenvalue weighted by molar-refractivity contribution is 0.614. The van der Waals surface area contributed by atoms with Crippen LogP contribution in [0.1, 0.15) is 50.7 Å². The molecule has 4 aromatic rings. The smallest absolute Gasteiger partial charge is 0.134 e. The summed E-state index contributed by atoms with van der Waals surface area (Å²) in [6.07, 6.45) is 3.46. The molecule has 0 saturated carbocycles. The highest BCUT2D eigenvalue weighted by atomic mass is 16.3. The van der Waals surface area contributed by atoms with E-state index in [1.54, 1.807) is 12.5 Å². The molecule has 4 rings (SSSR count). The van der Waals surface area contributed by atoms with Gasteiger partial charge in [-0.05, 0) is 53.3 Å². The molecule has 0 atom stereocenters. The van der Waals surface area contributed by atoms with Gasteiger partial charge in [-0.25, -0.2) is 0 Å². The first kappa shape index (κ1) is 16.4. The van der Waals surface area contributed by atoms with Gasteiger partial charge in [0.1, 0.15) is 11.2 Å². The van der Waals surface area contributed by atoms with Crippen LogP contribution in [0.4, 0.5) is 0 Å². The van der Waals surface area contributed by atoms with Crippen LogP contribution in [0.25, 0.3) is 21.9 Å². The average molecular weight is 320 g/mol. The fourth-order valence-corrected chi connectivity index (χ4v) is 2.67. The van der Waals surface area contributed by atoms with Crippen molar-refractivity contribution >= 4 is 21.9 Å². The number of fused-ring (bicyclic) bond motifs is 2. The summed E-state index contributed by atoms with van der Waals surface area (Å²) in [4.78, 5) is 0. The molecular weight excluding hydrogens is 296 g/mol. The Labute approximate surface area is 143 Å². The quantitative estimate of drug-likeness (QED) is 0.393. The van der Waals surface area contributed by atoms with Crippen molar-refractivity contribution in [3.05, 3.63) is 72.2 Å². The molecule has 24 heavy (non-hydrogen) atoms. The Morgan fingerprint density at radius 1 is 0.583 bits per heavy atom. The lowest BCUT2D eigenvalue weighted by atomic mass is 10.0. The highest BCUT2D eigenvalue weighted by Crippen LogP contribution is 2.22. The molecule has 0 radical (unpaired) electrons. The van der Waals surface area contributed by atoms with Crippen LogP contribution >= 0.6 is 0 Å². The standard InChI is InChI=1S/2C11H12O/c1-8(2)9-3-4-11-10(7-9)5-6-12-11;1-8(2)10-4-3-9-5-6-12-11(9)7-10/h2*3-8H,1-2H3. The second-order valence-electron chi connectivity index (χ2n) is 6.75. The zero-order valence-electron chi connectivity index (χ0n) is 14.7. The molecule has 0 fully saturated rings. The van der Waals surface area contributed by atoms with E-state index < -0.39 is 0 Å². The molecule has 0 N–H and O–H groups in total. The largest absolute Gasteiger partial charge is 0.464 e. The lowest BCUT2D eigenvalue weighted by Gasteiger charge is -2.03. The first-order chi connectivity index (χ1) is 11.5. The molecule has 0 aliphatic carbocycles. The van der Waals surface area contributed by atoms with Gasteiger partial charge in [-0.2, -0.15) is 0 Å². The monoisotopic (exact) mass is 320 g/mol. The SMILES string of the molecule is CC(C)c1ccc2ccoc2c1.CC(C)c1ccc2occc2c1. The molecule has 0 saturated heterocycles. The number of benzene rings is 2. The van der Waals surface area contributed by atoms with Crippen molar-refractivity contribution in [2.45, 2.75) is 39.5 Å². The number of hydrogen-bond donors (Lipinski definition) is 0. The third kappa shape index (κ3) is 3.53. The van der Waals surface area contributed by atoms with Crippen molar-refractivity contribution in [2.75, 3.05) is 0 Å². The summed E-state index contributed by atoms with van der Waals surface area (Å²) in [6.45, 7) is 8.76. The lowest BCUT2D eigenvalue weighted by Crippen LogP contribution is -1.84. The molecule has 0 aliphatic heterocycles. The first-order valence-electron chi connectivity index (χ1n) is 8.49. The van der Waals surface area contributed by atoms with E-state index in [0.29, 0.717) is 11.8 Å². The van der Waals surface area contributed by atoms with Crippen LogP contribution in [0.5, 0.6) is 0 Å². The molecule has 124 valence electrons. The third-order valence-corrected chi connectivity index (χ3v) is 4.29. The van der Waals surface area contributed by atoms with E-state index in [0.717, 1.165) is 11.2 Å². The number of rotatable bonds is 2. The van der Waals surface area contributed by atoms with E-state index in [2.05, 4.69) is 58.0 Å². The highest BCUT2D eigenvalue weighted by Gasteiger charge is 2.02. The van der Waals surface area contributed by atoms with E-state index in [-0.39, 0.29) is 0 Å². The Kier molecular flexibility index (Phi) is 4.75. The van der Waals surface area contributed by atoms with Gasteiger partial charge in [0.05, 0.1) is 12.5 Å². The minimum Gasteiger partial charge on any atom is -0.464 e. The van der Waals surface area contributed by atoms with Crippen molar-refractivity contribution < 1.29 is 8.83 Å². The summed E-state index contributed by atoms with van der Waals surface area (Å²) in [5, 5.41) is 2.38.